The van der Waals surface area contributed by atoms with E-state index in [1.54, 1.807) is 54.5 Å². The largest absolute Gasteiger partial charge is 0.467 e. The number of rotatable bonds is 6. The van der Waals surface area contributed by atoms with Crippen molar-refractivity contribution < 1.29 is 23.5 Å². The maximum atomic E-state index is 12.4. The predicted octanol–water partition coefficient (Wildman–Crippen LogP) is 2.44. The summed E-state index contributed by atoms with van der Waals surface area (Å²) in [5, 5.41) is 2.79. The molecule has 0 aliphatic carbocycles. The van der Waals surface area contributed by atoms with Crippen molar-refractivity contribution in [1.29, 1.82) is 0 Å². The van der Waals surface area contributed by atoms with Crippen LogP contribution in [0.4, 0.5) is 5.69 Å². The van der Waals surface area contributed by atoms with Crippen molar-refractivity contribution in [3.63, 3.8) is 0 Å². The Hall–Kier alpha value is -3.09. The van der Waals surface area contributed by atoms with Gasteiger partial charge in [0.1, 0.15) is 5.76 Å². The zero-order valence-electron chi connectivity index (χ0n) is 14.4. The van der Waals surface area contributed by atoms with Crippen LogP contribution in [-0.4, -0.2) is 35.8 Å². The van der Waals surface area contributed by atoms with E-state index in [-0.39, 0.29) is 18.2 Å². The fraction of sp³-hybridized carbons (Fsp3) is 0.316. The number of anilines is 1. The summed E-state index contributed by atoms with van der Waals surface area (Å²) >= 11 is 0. The Morgan fingerprint density at radius 2 is 2.04 bits per heavy atom. The van der Waals surface area contributed by atoms with Gasteiger partial charge in [-0.25, -0.2) is 4.79 Å². The summed E-state index contributed by atoms with van der Waals surface area (Å²) in [6, 6.07) is 10.0. The molecule has 2 aromatic rings. The van der Waals surface area contributed by atoms with Gasteiger partial charge in [0.25, 0.3) is 0 Å². The number of carbonyl (C=O) groups is 3. The van der Waals surface area contributed by atoms with E-state index in [1.165, 1.54) is 0 Å². The third-order valence-corrected chi connectivity index (χ3v) is 4.18. The quantitative estimate of drug-likeness (QED) is 0.803. The first-order chi connectivity index (χ1) is 12.6. The second-order valence-corrected chi connectivity index (χ2v) is 6.04. The number of likely N-dealkylation sites (tertiary alicyclic amines) is 1. The van der Waals surface area contributed by atoms with Crippen LogP contribution in [0.5, 0.6) is 0 Å². The van der Waals surface area contributed by atoms with Crippen molar-refractivity contribution in [2.24, 2.45) is 5.92 Å². The molecule has 0 bridgehead atoms. The van der Waals surface area contributed by atoms with Gasteiger partial charge in [-0.2, -0.15) is 0 Å². The average Bonchev–Trinajstić information content (AvgIpc) is 3.26. The van der Waals surface area contributed by atoms with Crippen LogP contribution in [0.15, 0.2) is 47.1 Å². The van der Waals surface area contributed by atoms with Crippen LogP contribution in [0.25, 0.3) is 0 Å². The first-order valence-corrected chi connectivity index (χ1v) is 8.45. The van der Waals surface area contributed by atoms with Gasteiger partial charge >= 0.3 is 5.97 Å². The highest BCUT2D eigenvalue weighted by molar-refractivity contribution is 5.97. The lowest BCUT2D eigenvalue weighted by molar-refractivity contribution is -0.128. The van der Waals surface area contributed by atoms with E-state index in [1.807, 2.05) is 0 Å². The molecule has 136 valence electrons. The second kappa shape index (κ2) is 7.86. The summed E-state index contributed by atoms with van der Waals surface area (Å²) in [4.78, 5) is 37.8. The van der Waals surface area contributed by atoms with Crippen LogP contribution in [-0.2, 0) is 20.9 Å². The molecule has 26 heavy (non-hydrogen) atoms. The van der Waals surface area contributed by atoms with Crippen LogP contribution in [0, 0.1) is 5.92 Å². The summed E-state index contributed by atoms with van der Waals surface area (Å²) < 4.78 is 10.2. The Morgan fingerprint density at radius 3 is 2.69 bits per heavy atom. The molecule has 2 amide bonds. The summed E-state index contributed by atoms with van der Waals surface area (Å²) in [5.41, 5.74) is 0.991. The maximum Gasteiger partial charge on any atom is 0.338 e. The summed E-state index contributed by atoms with van der Waals surface area (Å²) in [7, 11) is 0. The molecule has 1 fully saturated rings. The SMILES string of the molecule is CCOC(=O)c1ccc(NC(=O)[C@H]2CC(=O)N(Cc3ccco3)C2)cc1. The molecule has 1 aromatic heterocycles. The maximum absolute atomic E-state index is 12.4. The molecule has 0 unspecified atom stereocenters. The molecule has 1 aliphatic heterocycles. The molecule has 3 rings (SSSR count). The number of benzene rings is 1. The normalized spacial score (nSPS) is 16.6. The van der Waals surface area contributed by atoms with E-state index in [9.17, 15) is 14.4 Å². The lowest BCUT2D eigenvalue weighted by atomic mass is 10.1. The highest BCUT2D eigenvalue weighted by Crippen LogP contribution is 2.22. The minimum absolute atomic E-state index is 0.0702. The Kier molecular flexibility index (Phi) is 5.36. The van der Waals surface area contributed by atoms with Crippen molar-refractivity contribution in [2.45, 2.75) is 19.9 Å². The molecular formula is C19H20N2O5. The van der Waals surface area contributed by atoms with Crippen LogP contribution in [0.2, 0.25) is 0 Å². The fourth-order valence-electron chi connectivity index (χ4n) is 2.84. The summed E-state index contributed by atoms with van der Waals surface area (Å²) in [6.07, 6.45) is 1.73. The van der Waals surface area contributed by atoms with Gasteiger partial charge in [-0.3, -0.25) is 9.59 Å². The topological polar surface area (TPSA) is 88.8 Å². The first kappa shape index (κ1) is 17.7. The van der Waals surface area contributed by atoms with Gasteiger partial charge in [0, 0.05) is 18.7 Å². The summed E-state index contributed by atoms with van der Waals surface area (Å²) in [5.74, 6) is -0.417. The number of esters is 1. The predicted molar refractivity (Wildman–Crippen MR) is 93.3 cm³/mol. The van der Waals surface area contributed by atoms with E-state index >= 15 is 0 Å². The third-order valence-electron chi connectivity index (χ3n) is 4.18. The van der Waals surface area contributed by atoms with Crippen LogP contribution >= 0.6 is 0 Å². The van der Waals surface area contributed by atoms with Gasteiger partial charge in [-0.05, 0) is 43.3 Å². The number of hydrogen-bond donors (Lipinski definition) is 1. The second-order valence-electron chi connectivity index (χ2n) is 6.04. The van der Waals surface area contributed by atoms with E-state index < -0.39 is 11.9 Å². The van der Waals surface area contributed by atoms with E-state index in [4.69, 9.17) is 9.15 Å². The molecule has 1 saturated heterocycles. The van der Waals surface area contributed by atoms with Crippen molar-refractivity contribution in [3.8, 4) is 0 Å². The average molecular weight is 356 g/mol. The van der Waals surface area contributed by atoms with Crippen molar-refractivity contribution in [3.05, 3.63) is 54.0 Å². The molecule has 1 N–H and O–H groups in total. The Labute approximate surface area is 150 Å². The minimum atomic E-state index is -0.415. The summed E-state index contributed by atoms with van der Waals surface area (Å²) in [6.45, 7) is 2.77. The van der Waals surface area contributed by atoms with Crippen LogP contribution < -0.4 is 5.32 Å². The van der Waals surface area contributed by atoms with Gasteiger partial charge < -0.3 is 19.4 Å². The smallest absolute Gasteiger partial charge is 0.338 e. The molecule has 1 atom stereocenters. The van der Waals surface area contributed by atoms with E-state index in [2.05, 4.69) is 5.32 Å². The van der Waals surface area contributed by atoms with Crippen molar-refractivity contribution in [1.82, 2.24) is 4.90 Å². The van der Waals surface area contributed by atoms with Gasteiger partial charge in [0.2, 0.25) is 11.8 Å². The third kappa shape index (κ3) is 4.11. The Balaban J connectivity index is 1.56. The molecule has 0 spiro atoms. The Bertz CT molecular complexity index is 783. The van der Waals surface area contributed by atoms with E-state index in [0.29, 0.717) is 36.7 Å². The van der Waals surface area contributed by atoms with E-state index in [0.717, 1.165) is 0 Å². The highest BCUT2D eigenvalue weighted by atomic mass is 16.5. The first-order valence-electron chi connectivity index (χ1n) is 8.45. The molecule has 0 radical (unpaired) electrons. The Morgan fingerprint density at radius 1 is 1.27 bits per heavy atom. The number of ether oxygens (including phenoxy) is 1. The molecule has 7 heteroatoms. The van der Waals surface area contributed by atoms with Gasteiger partial charge in [0.15, 0.2) is 0 Å². The number of hydrogen-bond acceptors (Lipinski definition) is 5. The zero-order chi connectivity index (χ0) is 18.5. The number of amides is 2. The highest BCUT2D eigenvalue weighted by Gasteiger charge is 2.34. The molecule has 7 nitrogen and oxygen atoms in total. The molecule has 0 saturated carbocycles. The van der Waals surface area contributed by atoms with Gasteiger partial charge in [0.05, 0.1) is 30.9 Å². The van der Waals surface area contributed by atoms with Crippen LogP contribution in [0.1, 0.15) is 29.5 Å². The molecular weight excluding hydrogens is 336 g/mol. The molecule has 2 heterocycles. The van der Waals surface area contributed by atoms with Crippen LogP contribution in [0.3, 0.4) is 0 Å². The monoisotopic (exact) mass is 356 g/mol. The number of carbonyl (C=O) groups excluding carboxylic acids is 3. The number of nitrogens with one attached hydrogen (secondary N) is 1. The van der Waals surface area contributed by atoms with Gasteiger partial charge in [-0.1, -0.05) is 0 Å². The minimum Gasteiger partial charge on any atom is -0.467 e. The lowest BCUT2D eigenvalue weighted by Crippen LogP contribution is -2.27. The standard InChI is InChI=1S/C19H20N2O5/c1-2-25-19(24)13-5-7-15(8-6-13)20-18(23)14-10-17(22)21(11-14)12-16-4-3-9-26-16/h3-9,14H,2,10-12H2,1H3,(H,20,23)/t14-/m0/s1. The number of furan rings is 1. The van der Waals surface area contributed by atoms with Crippen molar-refractivity contribution in [2.75, 3.05) is 18.5 Å². The zero-order valence-corrected chi connectivity index (χ0v) is 14.4. The molecule has 1 aliphatic rings. The fourth-order valence-corrected chi connectivity index (χ4v) is 2.84. The molecule has 1 aromatic carbocycles. The lowest BCUT2D eigenvalue weighted by Gasteiger charge is -2.15. The van der Waals surface area contributed by atoms with Gasteiger partial charge in [-0.15, -0.1) is 0 Å². The van der Waals surface area contributed by atoms with Crippen molar-refractivity contribution >= 4 is 23.5 Å². The number of nitrogens with zero attached hydrogens (tertiary/aromatic N) is 1.